The number of nitrogens with two attached hydrogens (primary N) is 1. The van der Waals surface area contributed by atoms with Gasteiger partial charge < -0.3 is 5.73 Å². The van der Waals surface area contributed by atoms with Crippen molar-refractivity contribution in [1.29, 1.82) is 0 Å². The second kappa shape index (κ2) is 5.13. The van der Waals surface area contributed by atoms with E-state index in [1.165, 1.54) is 13.8 Å². The van der Waals surface area contributed by atoms with Crippen molar-refractivity contribution < 1.29 is 13.2 Å². The summed E-state index contributed by atoms with van der Waals surface area (Å²) >= 11 is 0. The van der Waals surface area contributed by atoms with Gasteiger partial charge in [-0.1, -0.05) is 24.3 Å². The van der Waals surface area contributed by atoms with Gasteiger partial charge in [0.1, 0.15) is 0 Å². The van der Waals surface area contributed by atoms with Gasteiger partial charge in [0.05, 0.1) is 10.8 Å². The number of rotatable bonds is 3. The van der Waals surface area contributed by atoms with Crippen molar-refractivity contribution in [3.8, 4) is 0 Å². The fourth-order valence-electron chi connectivity index (χ4n) is 1.76. The third-order valence-corrected chi connectivity index (χ3v) is 4.73. The molecule has 3 N–H and O–H groups in total. The molecule has 20 heavy (non-hydrogen) atoms. The highest BCUT2D eigenvalue weighted by Crippen LogP contribution is 2.22. The zero-order valence-corrected chi connectivity index (χ0v) is 12.1. The predicted molar refractivity (Wildman–Crippen MR) is 79.9 cm³/mol. The van der Waals surface area contributed by atoms with E-state index in [1.54, 1.807) is 12.1 Å². The molecule has 2 aromatic carbocycles. The molecule has 2 aromatic rings. The Balaban J connectivity index is 2.43. The highest BCUT2D eigenvalue weighted by atomic mass is 32.2. The number of hydrogen-bond acceptors (Lipinski definition) is 4. The Hall–Kier alpha value is -2.08. The van der Waals surface area contributed by atoms with Gasteiger partial charge in [-0.2, -0.15) is 0 Å². The van der Waals surface area contributed by atoms with Gasteiger partial charge in [0.2, 0.25) is 10.0 Å². The van der Waals surface area contributed by atoms with Crippen LogP contribution in [0.15, 0.2) is 36.4 Å². The van der Waals surface area contributed by atoms with Gasteiger partial charge in [0.25, 0.3) is 5.91 Å². The second-order valence-corrected chi connectivity index (χ2v) is 7.05. The van der Waals surface area contributed by atoms with Gasteiger partial charge in [-0.15, -0.1) is 0 Å². The zero-order chi connectivity index (χ0) is 14.9. The molecule has 0 aliphatic carbocycles. The lowest BCUT2D eigenvalue weighted by molar-refractivity contribution is 0.0982. The molecule has 0 aromatic heterocycles. The number of fused-ring (bicyclic) bond motifs is 1. The molecule has 106 valence electrons. The molecule has 0 bridgehead atoms. The SMILES string of the molecule is CC(C)S(=O)(=O)NC(=O)c1cc2ccccc2cc1N. The normalized spacial score (nSPS) is 11.8. The monoisotopic (exact) mass is 292 g/mol. The maximum absolute atomic E-state index is 12.1. The molecule has 0 aliphatic heterocycles. The number of benzene rings is 2. The van der Waals surface area contributed by atoms with Crippen molar-refractivity contribution >= 4 is 32.4 Å². The fraction of sp³-hybridized carbons (Fsp3) is 0.214. The first kappa shape index (κ1) is 14.3. The van der Waals surface area contributed by atoms with Crippen LogP contribution in [0.4, 0.5) is 5.69 Å². The van der Waals surface area contributed by atoms with E-state index in [2.05, 4.69) is 0 Å². The number of carbonyl (C=O) groups excluding carboxylic acids is 1. The molecule has 1 amide bonds. The van der Waals surface area contributed by atoms with Crippen molar-refractivity contribution in [2.45, 2.75) is 19.1 Å². The van der Waals surface area contributed by atoms with Crippen molar-refractivity contribution in [3.63, 3.8) is 0 Å². The number of anilines is 1. The largest absolute Gasteiger partial charge is 0.398 e. The minimum absolute atomic E-state index is 0.160. The molecule has 6 heteroatoms. The van der Waals surface area contributed by atoms with Crippen LogP contribution in [0.2, 0.25) is 0 Å². The molecule has 5 nitrogen and oxygen atoms in total. The van der Waals surface area contributed by atoms with Gasteiger partial charge in [0.15, 0.2) is 0 Å². The minimum Gasteiger partial charge on any atom is -0.398 e. The van der Waals surface area contributed by atoms with Gasteiger partial charge in [-0.05, 0) is 36.8 Å². The van der Waals surface area contributed by atoms with E-state index in [0.717, 1.165) is 10.8 Å². The molecule has 0 aliphatic rings. The summed E-state index contributed by atoms with van der Waals surface area (Å²) in [5.74, 6) is -0.707. The average molecular weight is 292 g/mol. The lowest BCUT2D eigenvalue weighted by Gasteiger charge is -2.11. The Morgan fingerprint density at radius 2 is 1.70 bits per heavy atom. The Labute approximate surface area is 117 Å². The van der Waals surface area contributed by atoms with Crippen LogP contribution in [0.25, 0.3) is 10.8 Å². The first-order valence-corrected chi connectivity index (χ1v) is 7.70. The van der Waals surface area contributed by atoms with Crippen molar-refractivity contribution in [2.24, 2.45) is 0 Å². The second-order valence-electron chi connectivity index (χ2n) is 4.81. The quantitative estimate of drug-likeness (QED) is 0.845. The van der Waals surface area contributed by atoms with E-state index in [0.29, 0.717) is 0 Å². The molecule has 0 atom stereocenters. The smallest absolute Gasteiger partial charge is 0.266 e. The van der Waals surface area contributed by atoms with Crippen molar-refractivity contribution in [2.75, 3.05) is 5.73 Å². The zero-order valence-electron chi connectivity index (χ0n) is 11.3. The summed E-state index contributed by atoms with van der Waals surface area (Å²) in [4.78, 5) is 12.1. The Morgan fingerprint density at radius 1 is 1.15 bits per heavy atom. The number of amides is 1. The van der Waals surface area contributed by atoms with Crippen LogP contribution in [0.3, 0.4) is 0 Å². The number of nitrogen functional groups attached to an aromatic ring is 1. The summed E-state index contributed by atoms with van der Waals surface area (Å²) in [6, 6.07) is 10.7. The molecule has 0 fully saturated rings. The van der Waals surface area contributed by atoms with Gasteiger partial charge in [-0.3, -0.25) is 4.79 Å². The molecule has 0 unspecified atom stereocenters. The van der Waals surface area contributed by atoms with E-state index >= 15 is 0 Å². The summed E-state index contributed by atoms with van der Waals surface area (Å²) in [5.41, 5.74) is 6.24. The average Bonchev–Trinajstić information content (AvgIpc) is 2.37. The Bertz CT molecular complexity index is 767. The Morgan fingerprint density at radius 3 is 2.25 bits per heavy atom. The number of hydrogen-bond donors (Lipinski definition) is 2. The molecule has 0 spiro atoms. The van der Waals surface area contributed by atoms with Crippen molar-refractivity contribution in [3.05, 3.63) is 42.0 Å². The molecular weight excluding hydrogens is 276 g/mol. The maximum atomic E-state index is 12.1. The minimum atomic E-state index is -3.67. The van der Waals surface area contributed by atoms with Gasteiger partial charge >= 0.3 is 0 Å². The Kier molecular flexibility index (Phi) is 3.67. The topological polar surface area (TPSA) is 89.3 Å². The van der Waals surface area contributed by atoms with E-state index in [9.17, 15) is 13.2 Å². The molecule has 0 radical (unpaired) electrons. The van der Waals surface area contributed by atoms with Crippen LogP contribution in [0.5, 0.6) is 0 Å². The van der Waals surface area contributed by atoms with Crippen LogP contribution in [0.1, 0.15) is 24.2 Å². The van der Waals surface area contributed by atoms with E-state index in [4.69, 9.17) is 5.73 Å². The van der Waals surface area contributed by atoms with Crippen LogP contribution in [0, 0.1) is 0 Å². The standard InChI is InChI=1S/C14H16N2O3S/c1-9(2)20(18,19)16-14(17)12-7-10-5-3-4-6-11(10)8-13(12)15/h3-9H,15H2,1-2H3,(H,16,17). The third kappa shape index (κ3) is 2.75. The summed E-state index contributed by atoms with van der Waals surface area (Å²) in [6.45, 7) is 3.00. The molecule has 0 heterocycles. The lowest BCUT2D eigenvalue weighted by atomic mass is 10.0. The van der Waals surface area contributed by atoms with Gasteiger partial charge in [0, 0.05) is 5.69 Å². The van der Waals surface area contributed by atoms with E-state index < -0.39 is 21.2 Å². The highest BCUT2D eigenvalue weighted by molar-refractivity contribution is 7.90. The van der Waals surface area contributed by atoms with Crippen LogP contribution in [-0.2, 0) is 10.0 Å². The summed E-state index contributed by atoms with van der Waals surface area (Å²) in [6.07, 6.45) is 0. The molecule has 2 rings (SSSR count). The highest BCUT2D eigenvalue weighted by Gasteiger charge is 2.21. The lowest BCUT2D eigenvalue weighted by Crippen LogP contribution is -2.36. The van der Waals surface area contributed by atoms with Crippen LogP contribution < -0.4 is 10.5 Å². The van der Waals surface area contributed by atoms with Crippen molar-refractivity contribution in [1.82, 2.24) is 4.72 Å². The van der Waals surface area contributed by atoms with Gasteiger partial charge in [-0.25, -0.2) is 13.1 Å². The number of nitrogens with one attached hydrogen (secondary N) is 1. The van der Waals surface area contributed by atoms with Crippen LogP contribution in [-0.4, -0.2) is 19.6 Å². The summed E-state index contributed by atoms with van der Waals surface area (Å²) in [7, 11) is -3.67. The number of sulfonamides is 1. The summed E-state index contributed by atoms with van der Waals surface area (Å²) in [5, 5.41) is 1.04. The predicted octanol–water partition coefficient (Wildman–Crippen LogP) is 1.89. The fourth-order valence-corrected chi connectivity index (χ4v) is 2.36. The molecule has 0 saturated carbocycles. The van der Waals surface area contributed by atoms with Crippen LogP contribution >= 0.6 is 0 Å². The molecular formula is C14H16N2O3S. The maximum Gasteiger partial charge on any atom is 0.266 e. The van der Waals surface area contributed by atoms with E-state index in [1.807, 2.05) is 29.0 Å². The first-order chi connectivity index (χ1) is 9.31. The molecule has 0 saturated heterocycles. The number of carbonyl (C=O) groups is 1. The first-order valence-electron chi connectivity index (χ1n) is 6.15. The third-order valence-electron chi connectivity index (χ3n) is 3.02. The summed E-state index contributed by atoms with van der Waals surface area (Å²) < 4.78 is 25.5. The van der Waals surface area contributed by atoms with E-state index in [-0.39, 0.29) is 11.3 Å².